The second kappa shape index (κ2) is 13.7. The molecule has 2 rings (SSSR count). The molecule has 0 spiro atoms. The molecule has 0 aromatic heterocycles. The summed E-state index contributed by atoms with van der Waals surface area (Å²) in [7, 11) is 0. The Labute approximate surface area is 200 Å². The highest BCUT2D eigenvalue weighted by Gasteiger charge is 2.25. The van der Waals surface area contributed by atoms with Gasteiger partial charge in [-0.15, -0.1) is 0 Å². The van der Waals surface area contributed by atoms with Gasteiger partial charge in [-0.3, -0.25) is 19.2 Å². The molecule has 2 atom stereocenters. The monoisotopic (exact) mass is 477 g/mol. The first-order chi connectivity index (χ1) is 16.2. The number of nitrogens with two attached hydrogens (primary N) is 1. The van der Waals surface area contributed by atoms with E-state index in [4.69, 9.17) is 24.7 Å². The van der Waals surface area contributed by atoms with E-state index >= 15 is 0 Å². The Morgan fingerprint density at radius 3 is 2.21 bits per heavy atom. The fourth-order valence-electron chi connectivity index (χ4n) is 3.54. The summed E-state index contributed by atoms with van der Waals surface area (Å²) in [6, 6.07) is 3.64. The number of hydrogen-bond acceptors (Lipinski definition) is 9. The van der Waals surface area contributed by atoms with Crippen molar-refractivity contribution in [2.24, 2.45) is 11.7 Å². The predicted octanol–water partition coefficient (Wildman–Crippen LogP) is 3.24. The third kappa shape index (κ3) is 8.78. The van der Waals surface area contributed by atoms with Crippen molar-refractivity contribution in [1.82, 2.24) is 0 Å². The Bertz CT molecular complexity index is 862. The summed E-state index contributed by atoms with van der Waals surface area (Å²) in [5.74, 6) is -1.74. The quantitative estimate of drug-likeness (QED) is 0.377. The first-order valence-corrected chi connectivity index (χ1v) is 11.9. The van der Waals surface area contributed by atoms with Crippen molar-refractivity contribution < 1.29 is 38.1 Å². The standard InChI is InChI=1S/C25H35NO8/c1-4-22(27)33-20-12-11-17(14-21(20)34-23(28)5-2)13-19(26)25(30)31-15-16(3)32-24(29)18-9-7-6-8-10-18/h11-12,14,16,18-19H,4-10,13,15,26H2,1-3H3/t16-,19-/m0/s1. The molecule has 0 saturated heterocycles. The summed E-state index contributed by atoms with van der Waals surface area (Å²) in [5.41, 5.74) is 6.59. The highest BCUT2D eigenvalue weighted by atomic mass is 16.6. The van der Waals surface area contributed by atoms with Gasteiger partial charge in [-0.2, -0.15) is 0 Å². The molecular weight excluding hydrogens is 442 g/mol. The van der Waals surface area contributed by atoms with Crippen molar-refractivity contribution >= 4 is 23.9 Å². The average Bonchev–Trinajstić information content (AvgIpc) is 2.84. The minimum Gasteiger partial charge on any atom is -0.461 e. The third-order valence-corrected chi connectivity index (χ3v) is 5.51. The maximum absolute atomic E-state index is 12.4. The van der Waals surface area contributed by atoms with Crippen LogP contribution in [-0.4, -0.2) is 42.6 Å². The van der Waals surface area contributed by atoms with E-state index in [0.29, 0.717) is 5.56 Å². The number of rotatable bonds is 11. The van der Waals surface area contributed by atoms with Crippen LogP contribution in [0.15, 0.2) is 18.2 Å². The summed E-state index contributed by atoms with van der Waals surface area (Å²) < 4.78 is 21.1. The number of ether oxygens (including phenoxy) is 4. The molecule has 1 saturated carbocycles. The van der Waals surface area contributed by atoms with E-state index in [-0.39, 0.29) is 49.3 Å². The minimum atomic E-state index is -0.986. The number of esters is 4. The van der Waals surface area contributed by atoms with Gasteiger partial charge in [0, 0.05) is 12.8 Å². The smallest absolute Gasteiger partial charge is 0.323 e. The molecule has 9 nitrogen and oxygen atoms in total. The maximum atomic E-state index is 12.4. The van der Waals surface area contributed by atoms with Crippen molar-refractivity contribution in [3.8, 4) is 11.5 Å². The lowest BCUT2D eigenvalue weighted by molar-refractivity contribution is -0.162. The van der Waals surface area contributed by atoms with Gasteiger partial charge in [0.2, 0.25) is 0 Å². The number of carbonyl (C=O) groups excluding carboxylic acids is 4. The van der Waals surface area contributed by atoms with E-state index in [0.717, 1.165) is 32.1 Å². The molecule has 0 bridgehead atoms. The van der Waals surface area contributed by atoms with Crippen LogP contribution in [0, 0.1) is 5.92 Å². The zero-order valence-electron chi connectivity index (χ0n) is 20.2. The molecular formula is C25H35NO8. The fraction of sp³-hybridized carbons (Fsp3) is 0.600. The van der Waals surface area contributed by atoms with Gasteiger partial charge in [-0.1, -0.05) is 39.2 Å². The molecule has 2 N–H and O–H groups in total. The molecule has 0 amide bonds. The molecule has 1 aliphatic rings. The maximum Gasteiger partial charge on any atom is 0.323 e. The Morgan fingerprint density at radius 2 is 1.59 bits per heavy atom. The van der Waals surface area contributed by atoms with E-state index in [1.807, 2.05) is 0 Å². The lowest BCUT2D eigenvalue weighted by Crippen LogP contribution is -2.36. The van der Waals surface area contributed by atoms with Crippen molar-refractivity contribution in [2.75, 3.05) is 6.61 Å². The Balaban J connectivity index is 1.91. The van der Waals surface area contributed by atoms with Crippen LogP contribution in [0.3, 0.4) is 0 Å². The van der Waals surface area contributed by atoms with Gasteiger partial charge in [0.15, 0.2) is 11.5 Å². The molecule has 1 fully saturated rings. The van der Waals surface area contributed by atoms with Crippen LogP contribution in [-0.2, 0) is 35.1 Å². The molecule has 9 heteroatoms. The Kier molecular flexibility index (Phi) is 11.0. The van der Waals surface area contributed by atoms with Crippen LogP contribution in [0.1, 0.15) is 71.3 Å². The van der Waals surface area contributed by atoms with Crippen LogP contribution in [0.2, 0.25) is 0 Å². The topological polar surface area (TPSA) is 131 Å². The van der Waals surface area contributed by atoms with Gasteiger partial charge < -0.3 is 24.7 Å². The van der Waals surface area contributed by atoms with E-state index in [1.54, 1.807) is 26.8 Å². The number of benzene rings is 1. The zero-order chi connectivity index (χ0) is 25.1. The van der Waals surface area contributed by atoms with Crippen molar-refractivity contribution in [2.45, 2.75) is 84.3 Å². The van der Waals surface area contributed by atoms with Gasteiger partial charge in [0.25, 0.3) is 0 Å². The molecule has 0 heterocycles. The Morgan fingerprint density at radius 1 is 0.971 bits per heavy atom. The fourth-order valence-corrected chi connectivity index (χ4v) is 3.54. The summed E-state index contributed by atoms with van der Waals surface area (Å²) in [5, 5.41) is 0. The first kappa shape index (κ1) is 27.3. The van der Waals surface area contributed by atoms with Gasteiger partial charge >= 0.3 is 23.9 Å². The van der Waals surface area contributed by atoms with E-state index in [2.05, 4.69) is 0 Å². The van der Waals surface area contributed by atoms with E-state index in [1.165, 1.54) is 12.1 Å². The van der Waals surface area contributed by atoms with Crippen molar-refractivity contribution in [3.05, 3.63) is 23.8 Å². The molecule has 1 aromatic carbocycles. The van der Waals surface area contributed by atoms with Gasteiger partial charge in [-0.25, -0.2) is 0 Å². The highest BCUT2D eigenvalue weighted by molar-refractivity contribution is 5.77. The number of hydrogen-bond donors (Lipinski definition) is 1. The van der Waals surface area contributed by atoms with E-state index < -0.39 is 30.1 Å². The molecule has 0 aliphatic heterocycles. The molecule has 0 unspecified atom stereocenters. The van der Waals surface area contributed by atoms with Crippen LogP contribution < -0.4 is 15.2 Å². The van der Waals surface area contributed by atoms with Crippen LogP contribution in [0.25, 0.3) is 0 Å². The largest absolute Gasteiger partial charge is 0.461 e. The number of carbonyl (C=O) groups is 4. The molecule has 1 aromatic rings. The minimum absolute atomic E-state index is 0.0787. The second-order valence-corrected chi connectivity index (χ2v) is 8.46. The SMILES string of the molecule is CCC(=O)Oc1ccc(C[C@H](N)C(=O)OC[C@H](C)OC(=O)C2CCCCC2)cc1OC(=O)CC. The zero-order valence-corrected chi connectivity index (χ0v) is 20.2. The summed E-state index contributed by atoms with van der Waals surface area (Å²) in [4.78, 5) is 48.0. The predicted molar refractivity (Wildman–Crippen MR) is 123 cm³/mol. The van der Waals surface area contributed by atoms with Crippen molar-refractivity contribution in [1.29, 1.82) is 0 Å². The lowest BCUT2D eigenvalue weighted by Gasteiger charge is -2.22. The normalized spacial score (nSPS) is 15.6. The van der Waals surface area contributed by atoms with Crippen LogP contribution in [0.5, 0.6) is 11.5 Å². The molecule has 1 aliphatic carbocycles. The van der Waals surface area contributed by atoms with E-state index in [9.17, 15) is 19.2 Å². The molecule has 188 valence electrons. The summed E-state index contributed by atoms with van der Waals surface area (Å²) >= 11 is 0. The molecule has 0 radical (unpaired) electrons. The van der Waals surface area contributed by atoms with Crippen molar-refractivity contribution in [3.63, 3.8) is 0 Å². The summed E-state index contributed by atoms with van der Waals surface area (Å²) in [6.07, 6.45) is 4.70. The average molecular weight is 478 g/mol. The first-order valence-electron chi connectivity index (χ1n) is 11.9. The Hall–Kier alpha value is -2.94. The lowest BCUT2D eigenvalue weighted by atomic mass is 9.89. The third-order valence-electron chi connectivity index (χ3n) is 5.51. The highest BCUT2D eigenvalue weighted by Crippen LogP contribution is 2.30. The molecule has 34 heavy (non-hydrogen) atoms. The van der Waals surface area contributed by atoms with Crippen LogP contribution >= 0.6 is 0 Å². The second-order valence-electron chi connectivity index (χ2n) is 8.46. The van der Waals surface area contributed by atoms with Gasteiger partial charge in [-0.05, 0) is 43.9 Å². The van der Waals surface area contributed by atoms with Gasteiger partial charge in [0.05, 0.1) is 5.92 Å². The summed E-state index contributed by atoms with van der Waals surface area (Å²) in [6.45, 7) is 4.88. The van der Waals surface area contributed by atoms with Crippen LogP contribution in [0.4, 0.5) is 0 Å². The van der Waals surface area contributed by atoms with Gasteiger partial charge in [0.1, 0.15) is 18.8 Å².